The molecule has 11 heteroatoms. The molecule has 1 heterocycles. The van der Waals surface area contributed by atoms with Crippen LogP contribution in [-0.4, -0.2) is 81.6 Å². The first-order valence-corrected chi connectivity index (χ1v) is 16.8. The first-order chi connectivity index (χ1) is 22.4. The number of nitrogens with one attached hydrogen (secondary N) is 1. The van der Waals surface area contributed by atoms with Crippen molar-refractivity contribution in [3.8, 4) is 17.2 Å². The van der Waals surface area contributed by atoms with Gasteiger partial charge in [0.1, 0.15) is 22.8 Å². The lowest BCUT2D eigenvalue weighted by atomic mass is 9.72. The fourth-order valence-corrected chi connectivity index (χ4v) is 7.20. The maximum Gasteiger partial charge on any atom is 0.202 e. The largest absolute Gasteiger partial charge is 0.507 e. The minimum Gasteiger partial charge on any atom is -0.507 e. The fraction of sp³-hybridized carbons (Fsp3) is 0.583. The summed E-state index contributed by atoms with van der Waals surface area (Å²) in [6.45, 7) is 5.83. The number of methoxy groups -OCH3 is 1. The number of aliphatic hydroxyl groups is 2. The van der Waals surface area contributed by atoms with E-state index in [0.717, 1.165) is 19.3 Å². The monoisotopic (exact) mass is 653 g/mol. The molecule has 1 aliphatic heterocycles. The summed E-state index contributed by atoms with van der Waals surface area (Å²) in [6, 6.07) is 4.13. The van der Waals surface area contributed by atoms with Crippen molar-refractivity contribution in [2.75, 3.05) is 13.7 Å². The molecule has 2 aromatic rings. The van der Waals surface area contributed by atoms with Gasteiger partial charge in [-0.1, -0.05) is 57.6 Å². The second kappa shape index (κ2) is 14.4. The Balaban J connectivity index is 1.43. The topological polar surface area (TPSA) is 172 Å². The Morgan fingerprint density at radius 3 is 2.38 bits per heavy atom. The number of ketones is 3. The van der Waals surface area contributed by atoms with Gasteiger partial charge in [0.2, 0.25) is 5.78 Å². The predicted octanol–water partition coefficient (Wildman–Crippen LogP) is 4.41. The van der Waals surface area contributed by atoms with E-state index >= 15 is 0 Å². The number of benzene rings is 2. The Morgan fingerprint density at radius 1 is 1.02 bits per heavy atom. The lowest BCUT2D eigenvalue weighted by molar-refractivity contribution is -0.249. The fourth-order valence-electron chi connectivity index (χ4n) is 7.20. The normalized spacial score (nSPS) is 26.8. The van der Waals surface area contributed by atoms with Crippen molar-refractivity contribution in [3.63, 3.8) is 0 Å². The average molecular weight is 654 g/mol. The minimum absolute atomic E-state index is 0.000116. The number of fused-ring (bicyclic) bond motifs is 3. The van der Waals surface area contributed by atoms with Crippen LogP contribution in [0.3, 0.4) is 0 Å². The molecule has 0 bridgehead atoms. The number of hydrogen-bond donors (Lipinski definition) is 5. The predicted molar refractivity (Wildman–Crippen MR) is 172 cm³/mol. The standard InChI is InChI=1S/C36H47NO10/c1-5-6-7-8-9-10-11-15-37-23-16-26(46-19(2)31(23)39)47-25-18-36(44,20(3)38)17-22-28(25)35(43)30-29(33(22)41)32(40)21-13-12-14-24(45-4)27(21)34(30)42/h12-14,19,23,25-26,31,37,39,41,43-44H,5-11,15-18H2,1-4H3/t19?,23?,25-,26?,31?,36-/m0/s1. The van der Waals surface area contributed by atoms with Gasteiger partial charge >= 0.3 is 0 Å². The molecule has 0 amide bonds. The van der Waals surface area contributed by atoms with Crippen LogP contribution in [-0.2, 0) is 20.7 Å². The van der Waals surface area contributed by atoms with Gasteiger partial charge in [0.15, 0.2) is 17.9 Å². The Bertz CT molecular complexity index is 1520. The molecule has 1 saturated heterocycles. The molecule has 6 atom stereocenters. The quantitative estimate of drug-likeness (QED) is 0.131. The van der Waals surface area contributed by atoms with Crippen LogP contribution in [0, 0.1) is 0 Å². The lowest BCUT2D eigenvalue weighted by Crippen LogP contribution is -2.54. The summed E-state index contributed by atoms with van der Waals surface area (Å²) in [4.78, 5) is 40.3. The third-order valence-electron chi connectivity index (χ3n) is 9.94. The molecule has 2 aromatic carbocycles. The van der Waals surface area contributed by atoms with Crippen LogP contribution in [0.4, 0.5) is 0 Å². The van der Waals surface area contributed by atoms with Crippen molar-refractivity contribution >= 4 is 17.3 Å². The summed E-state index contributed by atoms with van der Waals surface area (Å²) in [6.07, 6.45) is 4.06. The van der Waals surface area contributed by atoms with Crippen molar-refractivity contribution in [2.45, 2.75) is 121 Å². The van der Waals surface area contributed by atoms with Crippen LogP contribution < -0.4 is 10.1 Å². The van der Waals surface area contributed by atoms with Gasteiger partial charge in [0.05, 0.1) is 42.1 Å². The van der Waals surface area contributed by atoms with Crippen molar-refractivity contribution in [3.05, 3.63) is 51.6 Å². The van der Waals surface area contributed by atoms with E-state index in [0.29, 0.717) is 6.54 Å². The SMILES string of the molecule is CCCCCCCCCNC1CC(O[C@H]2C[C@](O)(C(C)=O)Cc3c(O)c4c(c(O)c32)C(=O)c2c(OC)cccc2C4=O)OC(C)C1O. The van der Waals surface area contributed by atoms with Crippen molar-refractivity contribution < 1.29 is 49.0 Å². The highest BCUT2D eigenvalue weighted by molar-refractivity contribution is 6.31. The van der Waals surface area contributed by atoms with Crippen LogP contribution in [0.2, 0.25) is 0 Å². The molecule has 0 aromatic heterocycles. The maximum absolute atomic E-state index is 13.9. The van der Waals surface area contributed by atoms with Crippen molar-refractivity contribution in [1.29, 1.82) is 0 Å². The number of carbonyl (C=O) groups is 3. The molecule has 47 heavy (non-hydrogen) atoms. The second-order valence-electron chi connectivity index (χ2n) is 13.2. The second-order valence-corrected chi connectivity index (χ2v) is 13.2. The number of aromatic hydroxyl groups is 2. The summed E-state index contributed by atoms with van der Waals surface area (Å²) in [5.41, 5.74) is -2.88. The van der Waals surface area contributed by atoms with Crippen molar-refractivity contribution in [2.24, 2.45) is 0 Å². The number of Topliss-reactive ketones (excluding diaryl/α,β-unsaturated/α-hetero) is 1. The molecule has 0 saturated carbocycles. The Kier molecular flexibility index (Phi) is 10.7. The van der Waals surface area contributed by atoms with E-state index in [2.05, 4.69) is 12.2 Å². The summed E-state index contributed by atoms with van der Waals surface area (Å²) in [5, 5.41) is 49.0. The number of rotatable bonds is 13. The van der Waals surface area contributed by atoms with Crippen LogP contribution in [0.1, 0.15) is 128 Å². The molecule has 256 valence electrons. The summed E-state index contributed by atoms with van der Waals surface area (Å²) in [7, 11) is 1.36. The highest BCUT2D eigenvalue weighted by Gasteiger charge is 2.49. The Morgan fingerprint density at radius 2 is 1.70 bits per heavy atom. The van der Waals surface area contributed by atoms with Gasteiger partial charge in [-0.15, -0.1) is 0 Å². The molecule has 5 rings (SSSR count). The van der Waals surface area contributed by atoms with Gasteiger partial charge in [-0.2, -0.15) is 0 Å². The molecule has 1 fully saturated rings. The molecule has 2 aliphatic carbocycles. The number of hydrogen-bond acceptors (Lipinski definition) is 11. The molecule has 3 aliphatic rings. The minimum atomic E-state index is -1.99. The van der Waals surface area contributed by atoms with E-state index in [4.69, 9.17) is 14.2 Å². The van der Waals surface area contributed by atoms with E-state index < -0.39 is 76.6 Å². The van der Waals surface area contributed by atoms with Gasteiger partial charge in [0.25, 0.3) is 0 Å². The number of phenolic OH excluding ortho intramolecular Hbond substituents is 2. The molecule has 4 unspecified atom stereocenters. The zero-order chi connectivity index (χ0) is 34.0. The molecular formula is C36H47NO10. The average Bonchev–Trinajstić information content (AvgIpc) is 3.04. The molecule has 11 nitrogen and oxygen atoms in total. The van der Waals surface area contributed by atoms with E-state index in [1.165, 1.54) is 51.8 Å². The van der Waals surface area contributed by atoms with Crippen LogP contribution in [0.15, 0.2) is 18.2 Å². The van der Waals surface area contributed by atoms with Gasteiger partial charge in [-0.3, -0.25) is 14.4 Å². The summed E-state index contributed by atoms with van der Waals surface area (Å²) < 4.78 is 17.7. The molecule has 0 radical (unpaired) electrons. The highest BCUT2D eigenvalue weighted by atomic mass is 16.7. The lowest BCUT2D eigenvalue weighted by Gasteiger charge is -2.43. The number of unbranched alkanes of at least 4 members (excludes halogenated alkanes) is 6. The number of carbonyl (C=O) groups excluding carboxylic acids is 3. The van der Waals surface area contributed by atoms with E-state index in [9.17, 15) is 34.8 Å². The first-order valence-electron chi connectivity index (χ1n) is 16.8. The van der Waals surface area contributed by atoms with E-state index in [1.807, 2.05) is 0 Å². The third-order valence-corrected chi connectivity index (χ3v) is 9.94. The van der Waals surface area contributed by atoms with Gasteiger partial charge in [-0.25, -0.2) is 0 Å². The van der Waals surface area contributed by atoms with Crippen LogP contribution in [0.25, 0.3) is 0 Å². The molecule has 5 N–H and O–H groups in total. The van der Waals surface area contributed by atoms with Gasteiger partial charge in [0, 0.05) is 42.0 Å². The zero-order valence-corrected chi connectivity index (χ0v) is 27.6. The van der Waals surface area contributed by atoms with Crippen molar-refractivity contribution in [1.82, 2.24) is 5.32 Å². The number of aliphatic hydroxyl groups excluding tert-OH is 1. The summed E-state index contributed by atoms with van der Waals surface area (Å²) in [5.74, 6) is -3.04. The van der Waals surface area contributed by atoms with E-state index in [-0.39, 0.29) is 46.9 Å². The van der Waals surface area contributed by atoms with Gasteiger partial charge in [-0.05, 0) is 32.9 Å². The maximum atomic E-state index is 13.9. The smallest absolute Gasteiger partial charge is 0.202 e. The molecule has 0 spiro atoms. The third kappa shape index (κ3) is 6.69. The highest BCUT2D eigenvalue weighted by Crippen LogP contribution is 2.52. The molecular weight excluding hydrogens is 606 g/mol. The number of ether oxygens (including phenoxy) is 3. The van der Waals surface area contributed by atoms with Gasteiger partial charge < -0.3 is 40.0 Å². The summed E-state index contributed by atoms with van der Waals surface area (Å²) >= 11 is 0. The van der Waals surface area contributed by atoms with Crippen LogP contribution in [0.5, 0.6) is 17.2 Å². The Hall–Kier alpha value is -3.35. The Labute approximate surface area is 275 Å². The van der Waals surface area contributed by atoms with Crippen LogP contribution >= 0.6 is 0 Å². The zero-order valence-electron chi connectivity index (χ0n) is 27.6. The first kappa shape index (κ1) is 35.0. The van der Waals surface area contributed by atoms with E-state index in [1.54, 1.807) is 13.0 Å². The number of phenols is 2.